The van der Waals surface area contributed by atoms with E-state index in [0.717, 1.165) is 25.7 Å². The quantitative estimate of drug-likeness (QED) is 0.430. The van der Waals surface area contributed by atoms with Gasteiger partial charge in [0.15, 0.2) is 0 Å². The number of hydrogen-bond acceptors (Lipinski definition) is 6. The molecule has 9 heteroatoms. The van der Waals surface area contributed by atoms with Crippen LogP contribution in [0, 0.1) is 10.1 Å². The van der Waals surface area contributed by atoms with Crippen molar-refractivity contribution in [3.63, 3.8) is 0 Å². The van der Waals surface area contributed by atoms with Crippen LogP contribution < -0.4 is 10.1 Å². The molecule has 0 saturated heterocycles. The standard InChI is InChI=1S/C20H22F2N2O5/c1-11-16(19(25)28-13-7-3-4-8-13)17(18(24(26)27)12(2)23-11)14-9-5-6-10-15(14)29-20(21)22/h5-6,9-10,13,17,20,23H,3-4,7-8H2,1-2H3. The third-order valence-electron chi connectivity index (χ3n) is 5.16. The minimum atomic E-state index is -3.11. The van der Waals surface area contributed by atoms with Gasteiger partial charge in [-0.2, -0.15) is 8.78 Å². The number of ether oxygens (including phenoxy) is 2. The zero-order valence-corrected chi connectivity index (χ0v) is 16.1. The van der Waals surface area contributed by atoms with Crippen LogP contribution in [0.5, 0.6) is 5.75 Å². The van der Waals surface area contributed by atoms with Gasteiger partial charge in [0, 0.05) is 11.3 Å². The van der Waals surface area contributed by atoms with E-state index in [1.807, 2.05) is 0 Å². The number of nitrogens with one attached hydrogen (secondary N) is 1. The maximum absolute atomic E-state index is 13.0. The summed E-state index contributed by atoms with van der Waals surface area (Å²) in [6.07, 6.45) is 3.11. The third-order valence-corrected chi connectivity index (χ3v) is 5.16. The van der Waals surface area contributed by atoms with Crippen LogP contribution in [0.25, 0.3) is 0 Å². The molecule has 29 heavy (non-hydrogen) atoms. The number of carbonyl (C=O) groups excluding carboxylic acids is 1. The first-order valence-electron chi connectivity index (χ1n) is 9.37. The van der Waals surface area contributed by atoms with E-state index in [1.165, 1.54) is 25.1 Å². The Hall–Kier alpha value is -2.97. The van der Waals surface area contributed by atoms with E-state index < -0.39 is 23.4 Å². The lowest BCUT2D eigenvalue weighted by Crippen LogP contribution is -2.33. The van der Waals surface area contributed by atoms with Gasteiger partial charge in [0.05, 0.1) is 16.2 Å². The lowest BCUT2D eigenvalue weighted by atomic mass is 9.83. The molecule has 1 aromatic rings. The van der Waals surface area contributed by atoms with Crippen molar-refractivity contribution in [2.45, 2.75) is 58.2 Å². The predicted octanol–water partition coefficient (Wildman–Crippen LogP) is 4.24. The van der Waals surface area contributed by atoms with E-state index in [4.69, 9.17) is 4.74 Å². The first kappa shape index (κ1) is 20.8. The SMILES string of the molecule is CC1=C(C(=O)OC2CCCC2)C(c2ccccc2OC(F)F)C([N+](=O)[O-])=C(C)N1. The first-order valence-corrected chi connectivity index (χ1v) is 9.37. The molecule has 156 valence electrons. The molecule has 2 aliphatic rings. The van der Waals surface area contributed by atoms with Gasteiger partial charge in [-0.3, -0.25) is 10.1 Å². The first-order chi connectivity index (χ1) is 13.8. The van der Waals surface area contributed by atoms with Crippen molar-refractivity contribution in [2.75, 3.05) is 0 Å². The molecule has 0 spiro atoms. The second-order valence-corrected chi connectivity index (χ2v) is 7.09. The number of halogens is 2. The molecule has 1 aromatic carbocycles. The molecular weight excluding hydrogens is 386 g/mol. The van der Waals surface area contributed by atoms with Gasteiger partial charge in [-0.1, -0.05) is 18.2 Å². The van der Waals surface area contributed by atoms with Gasteiger partial charge in [0.1, 0.15) is 17.8 Å². The van der Waals surface area contributed by atoms with Gasteiger partial charge in [-0.05, 0) is 45.6 Å². The largest absolute Gasteiger partial charge is 0.459 e. The highest BCUT2D eigenvalue weighted by molar-refractivity contribution is 5.92. The monoisotopic (exact) mass is 408 g/mol. The minimum absolute atomic E-state index is 0.0273. The van der Waals surface area contributed by atoms with Crippen LogP contribution in [-0.4, -0.2) is 23.6 Å². The lowest BCUT2D eigenvalue weighted by molar-refractivity contribution is -0.431. The van der Waals surface area contributed by atoms with Gasteiger partial charge in [-0.15, -0.1) is 0 Å². The fraction of sp³-hybridized carbons (Fsp3) is 0.450. The maximum atomic E-state index is 13.0. The Balaban J connectivity index is 2.09. The summed E-state index contributed by atoms with van der Waals surface area (Å²) in [5.74, 6) is -2.11. The molecule has 1 saturated carbocycles. The average molecular weight is 408 g/mol. The number of allylic oxidation sites excluding steroid dienone is 3. The molecule has 0 bridgehead atoms. The zero-order valence-electron chi connectivity index (χ0n) is 16.1. The lowest BCUT2D eigenvalue weighted by Gasteiger charge is -2.28. The molecule has 7 nitrogen and oxygen atoms in total. The number of rotatable bonds is 6. The average Bonchev–Trinajstić information content (AvgIpc) is 3.13. The summed E-state index contributed by atoms with van der Waals surface area (Å²) in [5.41, 5.74) is 0.437. The Morgan fingerprint density at radius 2 is 1.86 bits per heavy atom. The Labute approximate surface area is 166 Å². The van der Waals surface area contributed by atoms with E-state index >= 15 is 0 Å². The Morgan fingerprint density at radius 3 is 2.48 bits per heavy atom. The summed E-state index contributed by atoms with van der Waals surface area (Å²) >= 11 is 0. The Bertz CT molecular complexity index is 875. The molecule has 0 amide bonds. The highest BCUT2D eigenvalue weighted by atomic mass is 19.3. The molecule has 0 radical (unpaired) electrons. The van der Waals surface area contributed by atoms with Gasteiger partial charge < -0.3 is 14.8 Å². The molecule has 1 heterocycles. The van der Waals surface area contributed by atoms with Crippen LogP contribution in [0.15, 0.2) is 46.9 Å². The molecule has 1 atom stereocenters. The summed E-state index contributed by atoms with van der Waals surface area (Å²) in [6.45, 7) is 0.000248. The highest BCUT2D eigenvalue weighted by Crippen LogP contribution is 2.43. The smallest absolute Gasteiger partial charge is 0.387 e. The van der Waals surface area contributed by atoms with Crippen molar-refractivity contribution >= 4 is 5.97 Å². The minimum Gasteiger partial charge on any atom is -0.459 e. The number of alkyl halides is 2. The third kappa shape index (κ3) is 4.38. The van der Waals surface area contributed by atoms with E-state index in [2.05, 4.69) is 10.1 Å². The van der Waals surface area contributed by atoms with Gasteiger partial charge in [0.2, 0.25) is 0 Å². The molecule has 1 N–H and O–H groups in total. The van der Waals surface area contributed by atoms with E-state index in [1.54, 1.807) is 13.0 Å². The van der Waals surface area contributed by atoms with Gasteiger partial charge in [-0.25, -0.2) is 4.79 Å². The number of hydrogen-bond donors (Lipinski definition) is 1. The number of esters is 1. The van der Waals surface area contributed by atoms with Crippen LogP contribution in [-0.2, 0) is 9.53 Å². The zero-order chi connectivity index (χ0) is 21.1. The summed E-state index contributed by atoms with van der Waals surface area (Å²) in [6, 6.07) is 5.78. The topological polar surface area (TPSA) is 90.7 Å². The van der Waals surface area contributed by atoms with Crippen molar-refractivity contribution < 1.29 is 28.0 Å². The van der Waals surface area contributed by atoms with E-state index in [-0.39, 0.29) is 34.4 Å². The molecular formula is C20H22F2N2O5. The van der Waals surface area contributed by atoms with Crippen molar-refractivity contribution in [3.8, 4) is 5.75 Å². The summed E-state index contributed by atoms with van der Waals surface area (Å²) in [4.78, 5) is 24.2. The van der Waals surface area contributed by atoms with Crippen LogP contribution in [0.1, 0.15) is 51.0 Å². The van der Waals surface area contributed by atoms with Gasteiger partial charge in [0.25, 0.3) is 5.70 Å². The predicted molar refractivity (Wildman–Crippen MR) is 99.7 cm³/mol. The van der Waals surface area contributed by atoms with Crippen molar-refractivity contribution in [1.29, 1.82) is 0 Å². The normalized spacial score (nSPS) is 20.1. The molecule has 1 fully saturated rings. The summed E-state index contributed by atoms with van der Waals surface area (Å²) in [5, 5.41) is 14.7. The molecule has 0 aromatic heterocycles. The number of nitrogens with zero attached hydrogens (tertiary/aromatic N) is 1. The fourth-order valence-corrected chi connectivity index (χ4v) is 3.94. The second kappa shape index (κ2) is 8.59. The number of benzene rings is 1. The maximum Gasteiger partial charge on any atom is 0.387 e. The summed E-state index contributed by atoms with van der Waals surface area (Å²) < 4.78 is 36.0. The van der Waals surface area contributed by atoms with E-state index in [0.29, 0.717) is 5.70 Å². The number of para-hydroxylation sites is 1. The van der Waals surface area contributed by atoms with Crippen LogP contribution in [0.2, 0.25) is 0 Å². The number of carbonyl (C=O) groups is 1. The molecule has 1 aliphatic carbocycles. The summed E-state index contributed by atoms with van der Waals surface area (Å²) in [7, 11) is 0. The highest BCUT2D eigenvalue weighted by Gasteiger charge is 2.43. The molecule has 1 aliphatic heterocycles. The van der Waals surface area contributed by atoms with Crippen molar-refractivity contribution in [3.05, 3.63) is 62.6 Å². The van der Waals surface area contributed by atoms with Crippen LogP contribution in [0.4, 0.5) is 8.78 Å². The van der Waals surface area contributed by atoms with Crippen molar-refractivity contribution in [2.24, 2.45) is 0 Å². The number of dihydropyridines is 1. The number of nitro groups is 1. The van der Waals surface area contributed by atoms with Gasteiger partial charge >= 0.3 is 12.6 Å². The molecule has 1 unspecified atom stereocenters. The second-order valence-electron chi connectivity index (χ2n) is 7.09. The Morgan fingerprint density at radius 1 is 1.21 bits per heavy atom. The van der Waals surface area contributed by atoms with Crippen LogP contribution >= 0.6 is 0 Å². The van der Waals surface area contributed by atoms with E-state index in [9.17, 15) is 23.7 Å². The Kier molecular flexibility index (Phi) is 6.14. The van der Waals surface area contributed by atoms with Crippen LogP contribution in [0.3, 0.4) is 0 Å². The van der Waals surface area contributed by atoms with Crippen molar-refractivity contribution in [1.82, 2.24) is 5.32 Å². The fourth-order valence-electron chi connectivity index (χ4n) is 3.94. The molecule has 3 rings (SSSR count).